The molecule has 168 valence electrons. The summed E-state index contributed by atoms with van der Waals surface area (Å²) in [4.78, 5) is 31.7. The second-order valence-corrected chi connectivity index (χ2v) is 7.52. The predicted octanol–water partition coefficient (Wildman–Crippen LogP) is 5.74. The highest BCUT2D eigenvalue weighted by molar-refractivity contribution is 6.07. The summed E-state index contributed by atoms with van der Waals surface area (Å²) in [7, 11) is 1.28. The van der Waals surface area contributed by atoms with Crippen LogP contribution >= 0.6 is 0 Å². The second-order valence-electron chi connectivity index (χ2n) is 7.52. The third-order valence-corrected chi connectivity index (χ3v) is 5.42. The Kier molecular flexibility index (Phi) is 5.31. The molecule has 0 saturated heterocycles. The molecule has 0 amide bonds. The molecule has 0 saturated carbocycles. The minimum Gasteiger partial charge on any atom is -0.478 e. The summed E-state index contributed by atoms with van der Waals surface area (Å²) in [6, 6.07) is 19.4. The molecule has 0 bridgehead atoms. The lowest BCUT2D eigenvalue weighted by atomic mass is 10.1. The lowest BCUT2D eigenvalue weighted by Crippen LogP contribution is -2.09. The molecule has 0 atom stereocenters. The van der Waals surface area contributed by atoms with E-state index >= 15 is 0 Å². The van der Waals surface area contributed by atoms with Gasteiger partial charge in [-0.05, 0) is 54.6 Å². The number of carboxylic acid groups (broad SMARTS) is 1. The summed E-state index contributed by atoms with van der Waals surface area (Å²) >= 11 is 0. The number of hydrogen-bond acceptors (Lipinski definition) is 6. The Hall–Kier alpha value is -4.85. The zero-order valence-corrected chi connectivity index (χ0v) is 18.0. The van der Waals surface area contributed by atoms with E-state index in [1.165, 1.54) is 19.4 Å². The van der Waals surface area contributed by atoms with E-state index in [-0.39, 0.29) is 11.1 Å². The lowest BCUT2D eigenvalue weighted by molar-refractivity contribution is 0.0601. The number of hydrogen-bond donors (Lipinski definition) is 3. The standard InChI is InChI=1S/C26H19N3O5/c1-33-26(32)20-14-28-22-9-7-17(34-16-6-8-21-15(12-16)10-11-27-21)13-19(22)24(20)29-23-5-3-2-4-18(23)25(30)31/h2-14,27H,1H3,(H,28,29)(H,30,31). The number of pyridine rings is 1. The Labute approximate surface area is 193 Å². The molecule has 0 spiro atoms. The van der Waals surface area contributed by atoms with Crippen LogP contribution in [0.15, 0.2) is 79.1 Å². The van der Waals surface area contributed by atoms with Crippen molar-refractivity contribution in [1.82, 2.24) is 9.97 Å². The summed E-state index contributed by atoms with van der Waals surface area (Å²) < 4.78 is 11.0. The number of nitrogens with one attached hydrogen (secondary N) is 2. The van der Waals surface area contributed by atoms with Crippen LogP contribution in [0.5, 0.6) is 11.5 Å². The molecule has 3 N–H and O–H groups in total. The van der Waals surface area contributed by atoms with Crippen LogP contribution < -0.4 is 10.1 Å². The normalized spacial score (nSPS) is 10.9. The van der Waals surface area contributed by atoms with Gasteiger partial charge >= 0.3 is 11.9 Å². The van der Waals surface area contributed by atoms with Crippen LogP contribution in [-0.2, 0) is 4.74 Å². The number of nitrogens with zero attached hydrogens (tertiary/aromatic N) is 1. The number of methoxy groups -OCH3 is 1. The van der Waals surface area contributed by atoms with Gasteiger partial charge in [0.1, 0.15) is 17.1 Å². The highest BCUT2D eigenvalue weighted by atomic mass is 16.5. The van der Waals surface area contributed by atoms with E-state index in [0.29, 0.717) is 33.8 Å². The monoisotopic (exact) mass is 453 g/mol. The van der Waals surface area contributed by atoms with Gasteiger partial charge in [0.05, 0.1) is 29.6 Å². The Bertz CT molecular complexity index is 1560. The summed E-state index contributed by atoms with van der Waals surface area (Å²) in [6.45, 7) is 0. The van der Waals surface area contributed by atoms with E-state index in [4.69, 9.17) is 9.47 Å². The number of carbonyl (C=O) groups excluding carboxylic acids is 1. The van der Waals surface area contributed by atoms with Crippen LogP contribution in [-0.4, -0.2) is 34.1 Å². The molecular weight excluding hydrogens is 434 g/mol. The maximum Gasteiger partial charge on any atom is 0.341 e. The molecular formula is C26H19N3O5. The topological polar surface area (TPSA) is 114 Å². The maximum absolute atomic E-state index is 12.5. The summed E-state index contributed by atoms with van der Waals surface area (Å²) in [5.41, 5.74) is 2.53. The Morgan fingerprint density at radius 3 is 2.59 bits per heavy atom. The summed E-state index contributed by atoms with van der Waals surface area (Å²) in [5, 5.41) is 14.3. The van der Waals surface area contributed by atoms with Crippen molar-refractivity contribution < 1.29 is 24.2 Å². The number of aromatic carboxylic acids is 1. The zero-order chi connectivity index (χ0) is 23.7. The fourth-order valence-corrected chi connectivity index (χ4v) is 3.78. The molecule has 8 nitrogen and oxygen atoms in total. The number of fused-ring (bicyclic) bond motifs is 2. The van der Waals surface area contributed by atoms with E-state index in [2.05, 4.69) is 15.3 Å². The Morgan fingerprint density at radius 2 is 1.76 bits per heavy atom. The number of carbonyl (C=O) groups is 2. The molecule has 5 rings (SSSR count). The molecule has 0 unspecified atom stereocenters. The van der Waals surface area contributed by atoms with Crippen molar-refractivity contribution in [2.45, 2.75) is 0 Å². The molecule has 34 heavy (non-hydrogen) atoms. The van der Waals surface area contributed by atoms with Crippen molar-refractivity contribution in [2.75, 3.05) is 12.4 Å². The van der Waals surface area contributed by atoms with Crippen LogP contribution in [0.4, 0.5) is 11.4 Å². The van der Waals surface area contributed by atoms with Crippen LogP contribution in [0, 0.1) is 0 Å². The first-order chi connectivity index (χ1) is 16.5. The largest absolute Gasteiger partial charge is 0.478 e. The molecule has 3 aromatic carbocycles. The fourth-order valence-electron chi connectivity index (χ4n) is 3.78. The number of benzene rings is 3. The number of aromatic amines is 1. The van der Waals surface area contributed by atoms with Gasteiger partial charge in [-0.2, -0.15) is 0 Å². The van der Waals surface area contributed by atoms with Gasteiger partial charge in [0, 0.05) is 28.7 Å². The van der Waals surface area contributed by atoms with E-state index in [9.17, 15) is 14.7 Å². The van der Waals surface area contributed by atoms with Crippen molar-refractivity contribution in [3.63, 3.8) is 0 Å². The molecule has 0 aliphatic rings. The number of aromatic nitrogens is 2. The highest BCUT2D eigenvalue weighted by Crippen LogP contribution is 2.35. The first kappa shape index (κ1) is 21.0. The first-order valence-corrected chi connectivity index (χ1v) is 10.4. The molecule has 2 aromatic heterocycles. The number of ether oxygens (including phenoxy) is 2. The van der Waals surface area contributed by atoms with Gasteiger partial charge in [-0.25, -0.2) is 9.59 Å². The van der Waals surface area contributed by atoms with Crippen molar-refractivity contribution in [3.8, 4) is 11.5 Å². The van der Waals surface area contributed by atoms with Crippen molar-refractivity contribution in [2.24, 2.45) is 0 Å². The predicted molar refractivity (Wildman–Crippen MR) is 128 cm³/mol. The number of rotatable bonds is 6. The van der Waals surface area contributed by atoms with Crippen LogP contribution in [0.2, 0.25) is 0 Å². The second kappa shape index (κ2) is 8.59. The summed E-state index contributed by atoms with van der Waals surface area (Å²) in [6.07, 6.45) is 3.26. The molecule has 0 fully saturated rings. The average Bonchev–Trinajstić information content (AvgIpc) is 3.32. The van der Waals surface area contributed by atoms with Crippen LogP contribution in [0.1, 0.15) is 20.7 Å². The third kappa shape index (κ3) is 3.88. The van der Waals surface area contributed by atoms with Gasteiger partial charge in [-0.15, -0.1) is 0 Å². The average molecular weight is 453 g/mol. The smallest absolute Gasteiger partial charge is 0.341 e. The molecule has 0 aliphatic carbocycles. The van der Waals surface area contributed by atoms with E-state index in [1.54, 1.807) is 36.4 Å². The Morgan fingerprint density at radius 1 is 0.971 bits per heavy atom. The fraction of sp³-hybridized carbons (Fsp3) is 0.0385. The molecule has 0 aliphatic heterocycles. The van der Waals surface area contributed by atoms with Gasteiger partial charge in [-0.1, -0.05) is 12.1 Å². The highest BCUT2D eigenvalue weighted by Gasteiger charge is 2.19. The van der Waals surface area contributed by atoms with Crippen LogP contribution in [0.3, 0.4) is 0 Å². The number of carboxylic acids is 1. The van der Waals surface area contributed by atoms with Crippen LogP contribution in [0.25, 0.3) is 21.8 Å². The SMILES string of the molecule is COC(=O)c1cnc2ccc(Oc3ccc4[nH]ccc4c3)cc2c1Nc1ccccc1C(=O)O. The van der Waals surface area contributed by atoms with E-state index in [1.807, 2.05) is 30.5 Å². The third-order valence-electron chi connectivity index (χ3n) is 5.42. The molecule has 5 aromatic rings. The van der Waals surface area contributed by atoms with Gasteiger partial charge < -0.3 is 24.9 Å². The summed E-state index contributed by atoms with van der Waals surface area (Å²) in [5.74, 6) is -0.519. The minimum absolute atomic E-state index is 0.0653. The molecule has 8 heteroatoms. The van der Waals surface area contributed by atoms with Gasteiger partial charge in [0.15, 0.2) is 0 Å². The zero-order valence-electron chi connectivity index (χ0n) is 18.0. The van der Waals surface area contributed by atoms with E-state index in [0.717, 1.165) is 10.9 Å². The Balaban J connectivity index is 1.62. The van der Waals surface area contributed by atoms with E-state index < -0.39 is 11.9 Å². The number of H-pyrrole nitrogens is 1. The first-order valence-electron chi connectivity index (χ1n) is 10.4. The van der Waals surface area contributed by atoms with Gasteiger partial charge in [0.25, 0.3) is 0 Å². The number of para-hydroxylation sites is 1. The van der Waals surface area contributed by atoms with Crippen molar-refractivity contribution in [1.29, 1.82) is 0 Å². The number of esters is 1. The lowest BCUT2D eigenvalue weighted by Gasteiger charge is -2.16. The molecule has 0 radical (unpaired) electrons. The maximum atomic E-state index is 12.5. The minimum atomic E-state index is -1.09. The van der Waals surface area contributed by atoms with Gasteiger partial charge in [-0.3, -0.25) is 4.98 Å². The quantitative estimate of drug-likeness (QED) is 0.281. The van der Waals surface area contributed by atoms with Gasteiger partial charge in [0.2, 0.25) is 0 Å². The van der Waals surface area contributed by atoms with Crippen molar-refractivity contribution in [3.05, 3.63) is 90.3 Å². The van der Waals surface area contributed by atoms with Crippen molar-refractivity contribution >= 4 is 45.1 Å². The molecule has 2 heterocycles. The number of anilines is 2.